The lowest BCUT2D eigenvalue weighted by atomic mass is 9.89. The minimum Gasteiger partial charge on any atom is -0.410 e. The SMILES string of the molecule is COCCCCC=CB(OC)OC. The third-order valence-corrected chi connectivity index (χ3v) is 1.73. The van der Waals surface area contributed by atoms with Crippen LogP contribution < -0.4 is 0 Å². The van der Waals surface area contributed by atoms with Gasteiger partial charge in [-0.2, -0.15) is 0 Å². The molecule has 3 nitrogen and oxygen atoms in total. The third kappa shape index (κ3) is 8.03. The van der Waals surface area contributed by atoms with E-state index in [2.05, 4.69) is 6.08 Å². The average Bonchev–Trinajstić information content (AvgIpc) is 2.17. The highest BCUT2D eigenvalue weighted by molar-refractivity contribution is 6.50. The van der Waals surface area contributed by atoms with Gasteiger partial charge in [-0.25, -0.2) is 0 Å². The summed E-state index contributed by atoms with van der Waals surface area (Å²) in [5.74, 6) is 1.92. The summed E-state index contributed by atoms with van der Waals surface area (Å²) < 4.78 is 14.9. The van der Waals surface area contributed by atoms with E-state index in [1.165, 1.54) is 0 Å². The fourth-order valence-electron chi connectivity index (χ4n) is 0.969. The zero-order valence-electron chi connectivity index (χ0n) is 8.79. The van der Waals surface area contributed by atoms with E-state index < -0.39 is 0 Å². The summed E-state index contributed by atoms with van der Waals surface area (Å²) in [6.45, 7) is 0.839. The van der Waals surface area contributed by atoms with Crippen LogP contribution in [0.3, 0.4) is 0 Å². The number of hydrogen-bond acceptors (Lipinski definition) is 3. The Morgan fingerprint density at radius 3 is 2.31 bits per heavy atom. The van der Waals surface area contributed by atoms with Gasteiger partial charge in [0.2, 0.25) is 0 Å². The summed E-state index contributed by atoms with van der Waals surface area (Å²) in [6.07, 6.45) is 5.37. The van der Waals surface area contributed by atoms with Gasteiger partial charge >= 0.3 is 7.12 Å². The summed E-state index contributed by atoms with van der Waals surface area (Å²) in [7, 11) is 4.77. The number of methoxy groups -OCH3 is 1. The molecule has 0 saturated carbocycles. The summed E-state index contributed by atoms with van der Waals surface area (Å²) >= 11 is 0. The van der Waals surface area contributed by atoms with Crippen LogP contribution in [0.2, 0.25) is 0 Å². The summed E-state index contributed by atoms with van der Waals surface area (Å²) in [6, 6.07) is 0. The Morgan fingerprint density at radius 2 is 1.77 bits per heavy atom. The summed E-state index contributed by atoms with van der Waals surface area (Å²) in [4.78, 5) is 0. The summed E-state index contributed by atoms with van der Waals surface area (Å²) in [5.41, 5.74) is 0. The first-order chi connectivity index (χ1) is 6.35. The van der Waals surface area contributed by atoms with Crippen molar-refractivity contribution in [1.29, 1.82) is 0 Å². The topological polar surface area (TPSA) is 27.7 Å². The molecule has 0 bridgehead atoms. The predicted molar refractivity (Wildman–Crippen MR) is 54.6 cm³/mol. The van der Waals surface area contributed by atoms with E-state index in [0.717, 1.165) is 25.9 Å². The molecule has 0 aromatic heterocycles. The zero-order valence-corrected chi connectivity index (χ0v) is 8.79. The average molecular weight is 186 g/mol. The van der Waals surface area contributed by atoms with Gasteiger partial charge in [-0.15, -0.1) is 0 Å². The van der Waals surface area contributed by atoms with Crippen molar-refractivity contribution in [2.24, 2.45) is 0 Å². The van der Waals surface area contributed by atoms with E-state index in [0.29, 0.717) is 0 Å². The van der Waals surface area contributed by atoms with Gasteiger partial charge in [-0.1, -0.05) is 12.1 Å². The molecule has 0 N–H and O–H groups in total. The lowest BCUT2D eigenvalue weighted by molar-refractivity contribution is 0.193. The van der Waals surface area contributed by atoms with Crippen molar-refractivity contribution in [3.05, 3.63) is 12.1 Å². The predicted octanol–water partition coefficient (Wildman–Crippen LogP) is 1.68. The smallest absolute Gasteiger partial charge is 0.410 e. The normalized spacial score (nSPS) is 11.0. The number of ether oxygens (including phenoxy) is 1. The van der Waals surface area contributed by atoms with Gasteiger partial charge in [-0.3, -0.25) is 0 Å². The van der Waals surface area contributed by atoms with Gasteiger partial charge in [0.15, 0.2) is 0 Å². The van der Waals surface area contributed by atoms with Crippen molar-refractivity contribution in [2.75, 3.05) is 27.9 Å². The van der Waals surface area contributed by atoms with Gasteiger partial charge in [0, 0.05) is 27.9 Å². The second kappa shape index (κ2) is 9.77. The Morgan fingerprint density at radius 1 is 1.08 bits per heavy atom. The third-order valence-electron chi connectivity index (χ3n) is 1.73. The Hall–Kier alpha value is -0.315. The molecule has 0 aromatic carbocycles. The minimum absolute atomic E-state index is 0.206. The maximum absolute atomic E-state index is 4.99. The van der Waals surface area contributed by atoms with Crippen molar-refractivity contribution in [2.45, 2.75) is 19.3 Å². The molecule has 0 aromatic rings. The molecule has 0 radical (unpaired) electrons. The van der Waals surface area contributed by atoms with Gasteiger partial charge in [0.25, 0.3) is 0 Å². The first kappa shape index (κ1) is 12.7. The van der Waals surface area contributed by atoms with Crippen molar-refractivity contribution in [3.8, 4) is 0 Å². The molecule has 0 fully saturated rings. The van der Waals surface area contributed by atoms with E-state index in [1.807, 2.05) is 5.98 Å². The molecule has 4 heteroatoms. The molecule has 0 aliphatic heterocycles. The second-order valence-electron chi connectivity index (χ2n) is 2.76. The van der Waals surface area contributed by atoms with Gasteiger partial charge in [-0.05, 0) is 19.3 Å². The van der Waals surface area contributed by atoms with Crippen LogP contribution in [-0.2, 0) is 14.0 Å². The maximum atomic E-state index is 4.99. The van der Waals surface area contributed by atoms with Gasteiger partial charge in [0.1, 0.15) is 0 Å². The molecule has 0 aliphatic rings. The fourth-order valence-corrected chi connectivity index (χ4v) is 0.969. The van der Waals surface area contributed by atoms with E-state index >= 15 is 0 Å². The van der Waals surface area contributed by atoms with E-state index in [1.54, 1.807) is 21.3 Å². The fraction of sp³-hybridized carbons (Fsp3) is 0.778. The summed E-state index contributed by atoms with van der Waals surface area (Å²) in [5, 5.41) is 0. The Kier molecular flexibility index (Phi) is 9.53. The number of unbranched alkanes of at least 4 members (excludes halogenated alkanes) is 2. The standard InChI is InChI=1S/C9H19BO3/c1-11-9-7-5-4-6-8-10(12-2)13-3/h6,8H,4-5,7,9H2,1-3H3. The number of hydrogen-bond donors (Lipinski definition) is 0. The molecule has 0 aliphatic carbocycles. The largest absolute Gasteiger partial charge is 0.485 e. The van der Waals surface area contributed by atoms with Crippen LogP contribution in [0.5, 0.6) is 0 Å². The second-order valence-corrected chi connectivity index (χ2v) is 2.76. The van der Waals surface area contributed by atoms with Crippen molar-refractivity contribution < 1.29 is 14.0 Å². The van der Waals surface area contributed by atoms with Crippen molar-refractivity contribution in [3.63, 3.8) is 0 Å². The lowest BCUT2D eigenvalue weighted by Gasteiger charge is -2.01. The zero-order chi connectivity index (χ0) is 9.94. The Bertz CT molecular complexity index is 124. The Labute approximate surface area is 81.2 Å². The number of rotatable bonds is 8. The van der Waals surface area contributed by atoms with Gasteiger partial charge < -0.3 is 14.0 Å². The molecule has 76 valence electrons. The maximum Gasteiger partial charge on any atom is 0.485 e. The van der Waals surface area contributed by atoms with Crippen LogP contribution in [0.4, 0.5) is 0 Å². The van der Waals surface area contributed by atoms with Crippen molar-refractivity contribution >= 4 is 7.12 Å². The number of allylic oxidation sites excluding steroid dienone is 1. The van der Waals surface area contributed by atoms with E-state index in [9.17, 15) is 0 Å². The molecule has 0 heterocycles. The molecule has 0 spiro atoms. The highest BCUT2D eigenvalue weighted by Crippen LogP contribution is 1.98. The van der Waals surface area contributed by atoms with Crippen LogP contribution in [0, 0.1) is 0 Å². The first-order valence-corrected chi connectivity index (χ1v) is 4.56. The van der Waals surface area contributed by atoms with Crippen LogP contribution in [0.15, 0.2) is 12.1 Å². The van der Waals surface area contributed by atoms with Crippen molar-refractivity contribution in [1.82, 2.24) is 0 Å². The minimum atomic E-state index is -0.206. The molecule has 0 amide bonds. The quantitative estimate of drug-likeness (QED) is 0.426. The Balaban J connectivity index is 3.28. The highest BCUT2D eigenvalue weighted by atomic mass is 16.6. The van der Waals surface area contributed by atoms with Gasteiger partial charge in [0.05, 0.1) is 0 Å². The molecular weight excluding hydrogens is 167 g/mol. The molecular formula is C9H19BO3. The molecule has 0 unspecified atom stereocenters. The highest BCUT2D eigenvalue weighted by Gasteiger charge is 2.06. The van der Waals surface area contributed by atoms with Crippen LogP contribution in [0.25, 0.3) is 0 Å². The molecule has 0 rings (SSSR count). The lowest BCUT2D eigenvalue weighted by Crippen LogP contribution is -2.15. The van der Waals surface area contributed by atoms with Crippen LogP contribution in [0.1, 0.15) is 19.3 Å². The molecule has 0 saturated heterocycles. The molecule has 0 atom stereocenters. The monoisotopic (exact) mass is 186 g/mol. The van der Waals surface area contributed by atoms with E-state index in [4.69, 9.17) is 14.0 Å². The van der Waals surface area contributed by atoms with E-state index in [-0.39, 0.29) is 7.12 Å². The van der Waals surface area contributed by atoms with Crippen LogP contribution >= 0.6 is 0 Å². The van der Waals surface area contributed by atoms with Crippen LogP contribution in [-0.4, -0.2) is 35.1 Å². The first-order valence-electron chi connectivity index (χ1n) is 4.56. The molecule has 13 heavy (non-hydrogen) atoms.